The summed E-state index contributed by atoms with van der Waals surface area (Å²) in [5.74, 6) is 0. The van der Waals surface area contributed by atoms with Gasteiger partial charge in [0.2, 0.25) is 0 Å². The first-order chi connectivity index (χ1) is 6.60. The van der Waals surface area contributed by atoms with Crippen molar-refractivity contribution in [3.8, 4) is 0 Å². The summed E-state index contributed by atoms with van der Waals surface area (Å²) in [6, 6.07) is 0. The molecule has 0 aromatic rings. The number of rotatable bonds is 1. The minimum atomic E-state index is -0.850. The third-order valence-electron chi connectivity index (χ3n) is 4.48. The molecule has 0 spiro atoms. The lowest BCUT2D eigenvalue weighted by Gasteiger charge is -2.53. The first-order valence-corrected chi connectivity index (χ1v) is 6.01. The Morgan fingerprint density at radius 2 is 1.93 bits per heavy atom. The smallest absolute Gasteiger partial charge is 0.118 e. The number of hydrogen-bond donors (Lipinski definition) is 0. The largest absolute Gasteiger partial charge is 0.303 e. The van der Waals surface area contributed by atoms with Crippen LogP contribution in [0.15, 0.2) is 0 Å². The maximum absolute atomic E-state index is 14.7. The third-order valence-corrected chi connectivity index (χ3v) is 4.48. The minimum Gasteiger partial charge on any atom is -0.303 e. The molecule has 0 bridgehead atoms. The van der Waals surface area contributed by atoms with Gasteiger partial charge in [-0.1, -0.05) is 26.7 Å². The topological polar surface area (TPSA) is 3.24 Å². The number of nitrogens with zero attached hydrogens (tertiary/aromatic N) is 1. The Labute approximate surface area is 86.7 Å². The van der Waals surface area contributed by atoms with Crippen molar-refractivity contribution in [3.05, 3.63) is 0 Å². The molecule has 1 nitrogen and oxygen atoms in total. The Balaban J connectivity index is 2.15. The molecule has 82 valence electrons. The number of piperidine rings is 1. The molecule has 1 aliphatic heterocycles. The Bertz CT molecular complexity index is 218. The van der Waals surface area contributed by atoms with Gasteiger partial charge in [0, 0.05) is 18.5 Å². The van der Waals surface area contributed by atoms with E-state index in [0.717, 1.165) is 45.3 Å². The zero-order valence-corrected chi connectivity index (χ0v) is 9.48. The van der Waals surface area contributed by atoms with E-state index in [9.17, 15) is 4.39 Å². The highest BCUT2D eigenvalue weighted by molar-refractivity contribution is 5.04. The minimum absolute atomic E-state index is 0.0560. The van der Waals surface area contributed by atoms with Crippen molar-refractivity contribution in [2.24, 2.45) is 5.41 Å². The maximum atomic E-state index is 14.7. The molecule has 1 heterocycles. The van der Waals surface area contributed by atoms with Crippen molar-refractivity contribution in [2.45, 2.75) is 51.6 Å². The van der Waals surface area contributed by atoms with Crippen molar-refractivity contribution in [1.82, 2.24) is 4.90 Å². The van der Waals surface area contributed by atoms with E-state index in [4.69, 9.17) is 0 Å². The summed E-state index contributed by atoms with van der Waals surface area (Å²) < 4.78 is 14.7. The number of halogens is 1. The number of likely N-dealkylation sites (tertiary alicyclic amines) is 1. The van der Waals surface area contributed by atoms with Crippen molar-refractivity contribution >= 4 is 0 Å². The van der Waals surface area contributed by atoms with Crippen LogP contribution in [0, 0.1) is 5.41 Å². The first-order valence-electron chi connectivity index (χ1n) is 6.01. The number of alkyl halides is 1. The summed E-state index contributed by atoms with van der Waals surface area (Å²) >= 11 is 0. The van der Waals surface area contributed by atoms with Crippen LogP contribution < -0.4 is 0 Å². The van der Waals surface area contributed by atoms with Crippen molar-refractivity contribution in [2.75, 3.05) is 19.6 Å². The molecule has 0 aromatic heterocycles. The average Bonchev–Trinajstić information content (AvgIpc) is 2.18. The van der Waals surface area contributed by atoms with Crippen molar-refractivity contribution in [1.29, 1.82) is 0 Å². The molecule has 1 unspecified atom stereocenters. The molecule has 2 atom stereocenters. The van der Waals surface area contributed by atoms with E-state index < -0.39 is 5.67 Å². The van der Waals surface area contributed by atoms with E-state index in [1.807, 2.05) is 0 Å². The molecule has 2 aliphatic rings. The van der Waals surface area contributed by atoms with E-state index in [0.29, 0.717) is 0 Å². The second-order valence-electron chi connectivity index (χ2n) is 5.35. The second kappa shape index (κ2) is 3.48. The van der Waals surface area contributed by atoms with Gasteiger partial charge in [0.05, 0.1) is 0 Å². The normalized spacial score (nSPS) is 44.8. The van der Waals surface area contributed by atoms with E-state index in [2.05, 4.69) is 18.7 Å². The van der Waals surface area contributed by atoms with Crippen molar-refractivity contribution in [3.63, 3.8) is 0 Å². The van der Waals surface area contributed by atoms with E-state index in [1.54, 1.807) is 0 Å². The van der Waals surface area contributed by atoms with Crippen LogP contribution in [0.3, 0.4) is 0 Å². The average molecular weight is 199 g/mol. The summed E-state index contributed by atoms with van der Waals surface area (Å²) in [7, 11) is 0. The van der Waals surface area contributed by atoms with Crippen LogP contribution in [-0.4, -0.2) is 30.2 Å². The monoisotopic (exact) mass is 199 g/mol. The predicted molar refractivity (Wildman–Crippen MR) is 57.1 cm³/mol. The van der Waals surface area contributed by atoms with Crippen LogP contribution >= 0.6 is 0 Å². The van der Waals surface area contributed by atoms with Gasteiger partial charge in [-0.3, -0.25) is 0 Å². The highest BCUT2D eigenvalue weighted by Crippen LogP contribution is 2.51. The maximum Gasteiger partial charge on any atom is 0.118 e. The van der Waals surface area contributed by atoms with Gasteiger partial charge >= 0.3 is 0 Å². The number of fused-ring (bicyclic) bond motifs is 1. The molecule has 2 heteroatoms. The predicted octanol–water partition coefficient (Wildman–Crippen LogP) is 3.00. The van der Waals surface area contributed by atoms with Gasteiger partial charge in [0.15, 0.2) is 0 Å². The highest BCUT2D eigenvalue weighted by atomic mass is 19.1. The van der Waals surface area contributed by atoms with Gasteiger partial charge in [-0.2, -0.15) is 0 Å². The van der Waals surface area contributed by atoms with E-state index in [1.165, 1.54) is 6.42 Å². The molecular weight excluding hydrogens is 177 g/mol. The van der Waals surface area contributed by atoms with E-state index in [-0.39, 0.29) is 5.41 Å². The zero-order chi connectivity index (χ0) is 10.2. The third kappa shape index (κ3) is 1.48. The summed E-state index contributed by atoms with van der Waals surface area (Å²) in [6.45, 7) is 7.35. The molecule has 2 rings (SSSR count). The molecule has 1 aliphatic carbocycles. The van der Waals surface area contributed by atoms with Crippen LogP contribution in [0.4, 0.5) is 4.39 Å². The number of hydrogen-bond acceptors (Lipinski definition) is 1. The van der Waals surface area contributed by atoms with Gasteiger partial charge in [0.25, 0.3) is 0 Å². The molecule has 1 saturated heterocycles. The fraction of sp³-hybridized carbons (Fsp3) is 1.00. The van der Waals surface area contributed by atoms with Crippen LogP contribution in [0.5, 0.6) is 0 Å². The summed E-state index contributed by atoms with van der Waals surface area (Å²) in [5, 5.41) is 0. The fourth-order valence-corrected chi connectivity index (χ4v) is 3.27. The summed E-state index contributed by atoms with van der Waals surface area (Å²) in [5.41, 5.74) is -0.906. The van der Waals surface area contributed by atoms with Gasteiger partial charge in [-0.25, -0.2) is 4.39 Å². The summed E-state index contributed by atoms with van der Waals surface area (Å²) in [4.78, 5) is 2.41. The van der Waals surface area contributed by atoms with Crippen LogP contribution in [0.1, 0.15) is 46.0 Å². The van der Waals surface area contributed by atoms with Gasteiger partial charge in [-0.15, -0.1) is 0 Å². The quantitative estimate of drug-likeness (QED) is 0.627. The lowest BCUT2D eigenvalue weighted by Crippen LogP contribution is -2.57. The SMILES string of the molecule is CCN1CCC2(F)CCCC[C@]2(C)C1. The van der Waals surface area contributed by atoms with Crippen LogP contribution in [0.2, 0.25) is 0 Å². The van der Waals surface area contributed by atoms with Crippen molar-refractivity contribution < 1.29 is 4.39 Å². The highest BCUT2D eigenvalue weighted by Gasteiger charge is 2.52. The molecule has 2 fully saturated rings. The molecule has 0 radical (unpaired) electrons. The first kappa shape index (κ1) is 10.4. The fourth-order valence-electron chi connectivity index (χ4n) is 3.27. The van der Waals surface area contributed by atoms with Crippen LogP contribution in [0.25, 0.3) is 0 Å². The summed E-state index contributed by atoms with van der Waals surface area (Å²) in [6.07, 6.45) is 4.97. The Morgan fingerprint density at radius 1 is 1.21 bits per heavy atom. The van der Waals surface area contributed by atoms with Crippen LogP contribution in [-0.2, 0) is 0 Å². The van der Waals surface area contributed by atoms with Gasteiger partial charge < -0.3 is 4.90 Å². The molecule has 0 aromatic carbocycles. The molecule has 1 saturated carbocycles. The molecule has 0 amide bonds. The Hall–Kier alpha value is -0.110. The molecule has 0 N–H and O–H groups in total. The Morgan fingerprint density at radius 3 is 2.64 bits per heavy atom. The standard InChI is InChI=1S/C12H22FN/c1-3-14-9-8-12(13)7-5-4-6-11(12,2)10-14/h3-10H2,1-2H3/t11-,12?/m1/s1. The zero-order valence-electron chi connectivity index (χ0n) is 9.48. The lowest BCUT2D eigenvalue weighted by molar-refractivity contribution is -0.0955. The lowest BCUT2D eigenvalue weighted by atomic mass is 9.62. The molecular formula is C12H22FN. The second-order valence-corrected chi connectivity index (χ2v) is 5.35. The van der Waals surface area contributed by atoms with Gasteiger partial charge in [0.1, 0.15) is 5.67 Å². The van der Waals surface area contributed by atoms with Gasteiger partial charge in [-0.05, 0) is 25.8 Å². The molecule has 14 heavy (non-hydrogen) atoms. The van der Waals surface area contributed by atoms with E-state index >= 15 is 0 Å². The Kier molecular flexibility index (Phi) is 2.59.